The van der Waals surface area contributed by atoms with Crippen LogP contribution in [0.2, 0.25) is 0 Å². The van der Waals surface area contributed by atoms with Crippen LogP contribution in [0.5, 0.6) is 0 Å². The van der Waals surface area contributed by atoms with Gasteiger partial charge in [-0.05, 0) is 12.5 Å². The Hall–Kier alpha value is -1.77. The maximum atomic E-state index is 13.5. The molecule has 0 unspecified atom stereocenters. The molecule has 0 aliphatic carbocycles. The number of aryl methyl sites for hydroxylation is 1. The summed E-state index contributed by atoms with van der Waals surface area (Å²) in [6, 6.07) is 6.65. The minimum atomic E-state index is -0.241. The van der Waals surface area contributed by atoms with Crippen LogP contribution in [-0.2, 0) is 6.42 Å². The predicted molar refractivity (Wildman–Crippen MR) is 61.4 cm³/mol. The fourth-order valence-corrected chi connectivity index (χ4v) is 1.54. The van der Waals surface area contributed by atoms with E-state index < -0.39 is 0 Å². The van der Waals surface area contributed by atoms with Crippen molar-refractivity contribution in [3.05, 3.63) is 48.3 Å². The minimum absolute atomic E-state index is 0.241. The summed E-state index contributed by atoms with van der Waals surface area (Å²) in [5.74, 6) is 0.567. The summed E-state index contributed by atoms with van der Waals surface area (Å²) < 4.78 is 13.5. The maximum absolute atomic E-state index is 13.5. The van der Waals surface area contributed by atoms with E-state index in [1.54, 1.807) is 30.6 Å². The summed E-state index contributed by atoms with van der Waals surface area (Å²) in [7, 11) is 0. The number of benzene rings is 1. The monoisotopic (exact) mass is 216 g/mol. The number of aromatic nitrogens is 2. The first kappa shape index (κ1) is 10.7. The summed E-state index contributed by atoms with van der Waals surface area (Å²) in [4.78, 5) is 8.42. The van der Waals surface area contributed by atoms with E-state index in [2.05, 4.69) is 16.9 Å². The fourth-order valence-electron chi connectivity index (χ4n) is 1.54. The third-order valence-corrected chi connectivity index (χ3v) is 2.36. The van der Waals surface area contributed by atoms with Gasteiger partial charge in [0.15, 0.2) is 0 Å². The standard InChI is InChI=1S/C13H13FN2/c1-2-5-13-15-8-10(9-16-13)11-6-3-4-7-12(11)14/h3-4,6-9H,2,5H2,1H3. The second kappa shape index (κ2) is 4.84. The second-order valence-corrected chi connectivity index (χ2v) is 3.62. The molecular formula is C13H13FN2. The molecule has 0 aliphatic heterocycles. The molecule has 0 fully saturated rings. The SMILES string of the molecule is CCCc1ncc(-c2ccccc2F)cn1. The smallest absolute Gasteiger partial charge is 0.131 e. The third kappa shape index (κ3) is 2.24. The molecule has 0 amide bonds. The number of hydrogen-bond acceptors (Lipinski definition) is 2. The molecule has 82 valence electrons. The molecule has 16 heavy (non-hydrogen) atoms. The number of hydrogen-bond donors (Lipinski definition) is 0. The van der Waals surface area contributed by atoms with Crippen LogP contribution < -0.4 is 0 Å². The molecule has 0 saturated heterocycles. The Bertz CT molecular complexity index is 466. The Morgan fingerprint density at radius 3 is 2.44 bits per heavy atom. The van der Waals surface area contributed by atoms with Crippen LogP contribution in [0.25, 0.3) is 11.1 Å². The highest BCUT2D eigenvalue weighted by Crippen LogP contribution is 2.20. The molecule has 1 heterocycles. The molecule has 0 N–H and O–H groups in total. The highest BCUT2D eigenvalue weighted by atomic mass is 19.1. The first-order chi connectivity index (χ1) is 7.81. The Morgan fingerprint density at radius 1 is 1.12 bits per heavy atom. The molecule has 0 saturated carbocycles. The van der Waals surface area contributed by atoms with Crippen molar-refractivity contribution < 1.29 is 4.39 Å². The Balaban J connectivity index is 2.31. The van der Waals surface area contributed by atoms with Crippen molar-refractivity contribution in [2.45, 2.75) is 19.8 Å². The van der Waals surface area contributed by atoms with Crippen molar-refractivity contribution in [2.75, 3.05) is 0 Å². The minimum Gasteiger partial charge on any atom is -0.241 e. The molecular weight excluding hydrogens is 203 g/mol. The molecule has 2 aromatic rings. The molecule has 3 heteroatoms. The van der Waals surface area contributed by atoms with Crippen molar-refractivity contribution in [2.24, 2.45) is 0 Å². The summed E-state index contributed by atoms with van der Waals surface area (Å²) in [5, 5.41) is 0. The van der Waals surface area contributed by atoms with Crippen molar-refractivity contribution in [3.8, 4) is 11.1 Å². The largest absolute Gasteiger partial charge is 0.241 e. The summed E-state index contributed by atoms with van der Waals surface area (Å²) in [6.45, 7) is 2.08. The van der Waals surface area contributed by atoms with Crippen molar-refractivity contribution in [1.82, 2.24) is 9.97 Å². The van der Waals surface area contributed by atoms with Crippen LogP contribution in [-0.4, -0.2) is 9.97 Å². The van der Waals surface area contributed by atoms with Crippen LogP contribution in [0.1, 0.15) is 19.2 Å². The van der Waals surface area contributed by atoms with Gasteiger partial charge in [-0.25, -0.2) is 14.4 Å². The van der Waals surface area contributed by atoms with E-state index in [-0.39, 0.29) is 5.82 Å². The topological polar surface area (TPSA) is 25.8 Å². The highest BCUT2D eigenvalue weighted by Gasteiger charge is 2.04. The lowest BCUT2D eigenvalue weighted by Gasteiger charge is -2.03. The highest BCUT2D eigenvalue weighted by molar-refractivity contribution is 5.61. The van der Waals surface area contributed by atoms with Crippen LogP contribution in [0.3, 0.4) is 0 Å². The predicted octanol–water partition coefficient (Wildman–Crippen LogP) is 3.24. The zero-order valence-electron chi connectivity index (χ0n) is 9.15. The zero-order valence-corrected chi connectivity index (χ0v) is 9.15. The first-order valence-corrected chi connectivity index (χ1v) is 5.37. The lowest BCUT2D eigenvalue weighted by atomic mass is 10.1. The van der Waals surface area contributed by atoms with Gasteiger partial charge in [0.25, 0.3) is 0 Å². The van der Waals surface area contributed by atoms with Crippen LogP contribution in [0.15, 0.2) is 36.7 Å². The fraction of sp³-hybridized carbons (Fsp3) is 0.231. The molecule has 0 radical (unpaired) electrons. The molecule has 0 spiro atoms. The molecule has 0 aliphatic rings. The van der Waals surface area contributed by atoms with Crippen LogP contribution in [0.4, 0.5) is 4.39 Å². The van der Waals surface area contributed by atoms with Gasteiger partial charge in [0.2, 0.25) is 0 Å². The van der Waals surface area contributed by atoms with Gasteiger partial charge in [0.1, 0.15) is 11.6 Å². The van der Waals surface area contributed by atoms with Gasteiger partial charge in [-0.1, -0.05) is 25.1 Å². The van der Waals surface area contributed by atoms with E-state index in [0.29, 0.717) is 5.56 Å². The van der Waals surface area contributed by atoms with Gasteiger partial charge < -0.3 is 0 Å². The molecule has 2 rings (SSSR count). The van der Waals surface area contributed by atoms with Gasteiger partial charge in [0, 0.05) is 29.9 Å². The van der Waals surface area contributed by atoms with Gasteiger partial charge in [0.05, 0.1) is 0 Å². The summed E-state index contributed by atoms with van der Waals surface area (Å²) in [6.07, 6.45) is 5.23. The van der Waals surface area contributed by atoms with E-state index in [4.69, 9.17) is 0 Å². The first-order valence-electron chi connectivity index (χ1n) is 5.37. The molecule has 1 aromatic heterocycles. The zero-order chi connectivity index (χ0) is 11.4. The van der Waals surface area contributed by atoms with Gasteiger partial charge >= 0.3 is 0 Å². The molecule has 0 atom stereocenters. The summed E-state index contributed by atoms with van der Waals surface area (Å²) in [5.41, 5.74) is 1.27. The number of halogens is 1. The van der Waals surface area contributed by atoms with Crippen molar-refractivity contribution in [3.63, 3.8) is 0 Å². The molecule has 0 bridgehead atoms. The van der Waals surface area contributed by atoms with E-state index in [0.717, 1.165) is 24.2 Å². The van der Waals surface area contributed by atoms with Crippen LogP contribution >= 0.6 is 0 Å². The lowest BCUT2D eigenvalue weighted by Crippen LogP contribution is -1.94. The lowest BCUT2D eigenvalue weighted by molar-refractivity contribution is 0.631. The average molecular weight is 216 g/mol. The second-order valence-electron chi connectivity index (χ2n) is 3.62. The Kier molecular flexibility index (Phi) is 3.25. The quantitative estimate of drug-likeness (QED) is 0.787. The van der Waals surface area contributed by atoms with Gasteiger partial charge in [-0.15, -0.1) is 0 Å². The Labute approximate surface area is 94.2 Å². The average Bonchev–Trinajstić information content (AvgIpc) is 2.31. The number of nitrogens with zero attached hydrogens (tertiary/aromatic N) is 2. The summed E-state index contributed by atoms with van der Waals surface area (Å²) >= 11 is 0. The van der Waals surface area contributed by atoms with E-state index in [9.17, 15) is 4.39 Å². The Morgan fingerprint density at radius 2 is 1.81 bits per heavy atom. The van der Waals surface area contributed by atoms with E-state index in [1.165, 1.54) is 6.07 Å². The van der Waals surface area contributed by atoms with E-state index >= 15 is 0 Å². The molecule has 1 aromatic carbocycles. The molecule has 2 nitrogen and oxygen atoms in total. The number of rotatable bonds is 3. The van der Waals surface area contributed by atoms with Crippen molar-refractivity contribution >= 4 is 0 Å². The maximum Gasteiger partial charge on any atom is 0.131 e. The van der Waals surface area contributed by atoms with Gasteiger partial charge in [-0.2, -0.15) is 0 Å². The van der Waals surface area contributed by atoms with Crippen molar-refractivity contribution in [1.29, 1.82) is 0 Å². The van der Waals surface area contributed by atoms with E-state index in [1.807, 2.05) is 0 Å². The normalized spacial score (nSPS) is 10.4. The third-order valence-electron chi connectivity index (χ3n) is 2.36. The van der Waals surface area contributed by atoms with Gasteiger partial charge in [-0.3, -0.25) is 0 Å². The van der Waals surface area contributed by atoms with Crippen LogP contribution in [0, 0.1) is 5.82 Å².